The van der Waals surface area contributed by atoms with E-state index in [4.69, 9.17) is 4.74 Å². The minimum absolute atomic E-state index is 0.0381. The monoisotopic (exact) mass is 406 g/mol. The van der Waals surface area contributed by atoms with Crippen molar-refractivity contribution in [3.63, 3.8) is 0 Å². The van der Waals surface area contributed by atoms with Crippen molar-refractivity contribution < 1.29 is 14.3 Å². The summed E-state index contributed by atoms with van der Waals surface area (Å²) in [6.07, 6.45) is 6.97. The number of rotatable bonds is 5. The topological polar surface area (TPSA) is 78.5 Å². The minimum atomic E-state index is -0.718. The van der Waals surface area contributed by atoms with Crippen LogP contribution >= 0.6 is 0 Å². The lowest BCUT2D eigenvalue weighted by Crippen LogP contribution is -2.44. The first-order valence-corrected chi connectivity index (χ1v) is 10.4. The first-order chi connectivity index (χ1) is 14.4. The number of anilines is 1. The molecule has 156 valence electrons. The molecule has 2 bridgehead atoms. The van der Waals surface area contributed by atoms with Gasteiger partial charge in [0.2, 0.25) is 11.8 Å². The highest BCUT2D eigenvalue weighted by molar-refractivity contribution is 6.03. The smallest absolute Gasteiger partial charge is 0.234 e. The molecule has 30 heavy (non-hydrogen) atoms. The molecule has 2 aromatic rings. The lowest BCUT2D eigenvalue weighted by Gasteiger charge is -2.27. The molecule has 1 aromatic heterocycles. The number of amides is 2. The normalized spacial score (nSPS) is 29.1. The predicted molar refractivity (Wildman–Crippen MR) is 112 cm³/mol. The van der Waals surface area contributed by atoms with Gasteiger partial charge in [0.05, 0.1) is 31.0 Å². The Balaban J connectivity index is 1.40. The molecule has 2 fully saturated rings. The van der Waals surface area contributed by atoms with Crippen LogP contribution in [0.2, 0.25) is 0 Å². The van der Waals surface area contributed by atoms with Gasteiger partial charge in [-0.3, -0.25) is 9.59 Å². The number of nitrogens with zero attached hydrogens (tertiary/aromatic N) is 3. The second-order valence-electron chi connectivity index (χ2n) is 8.80. The van der Waals surface area contributed by atoms with Crippen LogP contribution in [-0.2, 0) is 20.9 Å². The van der Waals surface area contributed by atoms with Crippen LogP contribution < -0.4 is 4.90 Å². The number of ether oxygens (including phenoxy) is 1. The van der Waals surface area contributed by atoms with Gasteiger partial charge in [-0.2, -0.15) is 0 Å². The average Bonchev–Trinajstić information content (AvgIpc) is 3.50. The molecule has 0 aliphatic carbocycles. The van der Waals surface area contributed by atoms with Gasteiger partial charge in [-0.05, 0) is 23.6 Å². The Bertz CT molecular complexity index is 998. The summed E-state index contributed by atoms with van der Waals surface area (Å²) in [5.41, 5.74) is 1.36. The highest BCUT2D eigenvalue weighted by Crippen LogP contribution is 2.53. The summed E-state index contributed by atoms with van der Waals surface area (Å²) >= 11 is 0. The number of hydrogen-bond acceptors (Lipinski definition) is 4. The van der Waals surface area contributed by atoms with Crippen molar-refractivity contribution in [3.8, 4) is 0 Å². The van der Waals surface area contributed by atoms with Crippen molar-refractivity contribution in [1.29, 1.82) is 0 Å². The highest BCUT2D eigenvalue weighted by Gasteiger charge is 2.67. The van der Waals surface area contributed by atoms with E-state index in [1.54, 1.807) is 29.2 Å². The van der Waals surface area contributed by atoms with Crippen LogP contribution in [0.1, 0.15) is 31.2 Å². The second-order valence-corrected chi connectivity index (χ2v) is 8.80. The quantitative estimate of drug-likeness (QED) is 0.774. The molecule has 0 unspecified atom stereocenters. The second kappa shape index (κ2) is 6.80. The number of fused-ring (bicyclic) bond motifs is 1. The van der Waals surface area contributed by atoms with Crippen molar-refractivity contribution in [1.82, 2.24) is 14.9 Å². The maximum absolute atomic E-state index is 13.5. The number of hydrogen-bond donors (Lipinski definition) is 1. The molecule has 4 heterocycles. The zero-order valence-corrected chi connectivity index (χ0v) is 17.4. The first-order valence-electron chi connectivity index (χ1n) is 10.4. The van der Waals surface area contributed by atoms with Gasteiger partial charge in [0.15, 0.2) is 0 Å². The summed E-state index contributed by atoms with van der Waals surface area (Å²) < 4.78 is 6.24. The van der Waals surface area contributed by atoms with E-state index in [1.807, 2.05) is 24.3 Å². The van der Waals surface area contributed by atoms with E-state index in [-0.39, 0.29) is 17.9 Å². The van der Waals surface area contributed by atoms with E-state index < -0.39 is 17.4 Å². The van der Waals surface area contributed by atoms with Crippen molar-refractivity contribution in [2.75, 3.05) is 18.5 Å². The summed E-state index contributed by atoms with van der Waals surface area (Å²) in [6.45, 7) is 5.10. The number of benzene rings is 1. The van der Waals surface area contributed by atoms with E-state index in [2.05, 4.69) is 35.9 Å². The predicted octanol–water partition coefficient (Wildman–Crippen LogP) is 2.48. The number of H-pyrrole nitrogens is 1. The van der Waals surface area contributed by atoms with Gasteiger partial charge >= 0.3 is 0 Å². The fourth-order valence-corrected chi connectivity index (χ4v) is 4.98. The molecule has 7 heteroatoms. The molecule has 0 saturated carbocycles. The highest BCUT2D eigenvalue weighted by atomic mass is 16.5. The number of aromatic nitrogens is 2. The zero-order chi connectivity index (χ0) is 21.0. The summed E-state index contributed by atoms with van der Waals surface area (Å²) in [7, 11) is 1.75. The van der Waals surface area contributed by atoms with Crippen LogP contribution in [0.25, 0.3) is 0 Å². The molecule has 2 saturated heterocycles. The Morgan fingerprint density at radius 2 is 2.13 bits per heavy atom. The summed E-state index contributed by atoms with van der Waals surface area (Å²) in [5, 5.41) is 0. The van der Waals surface area contributed by atoms with Crippen LogP contribution in [-0.4, -0.2) is 52.0 Å². The van der Waals surface area contributed by atoms with Crippen LogP contribution in [0.3, 0.4) is 0 Å². The number of carbonyl (C=O) groups is 2. The standard InChI is InChI=1S/C23H26N4O3/c1-14(2)15-4-6-16(7-5-15)27-13-23-9-8-17(30-23)19(20(23)22(27)29)21(28)26(3)12-18-24-10-11-25-18/h4-11,14,17,19-20H,12-13H2,1-3H3,(H,24,25)/t17-,19+,20+,23-/m0/s1. The molecule has 2 amide bonds. The molecule has 0 radical (unpaired) electrons. The molecule has 4 atom stereocenters. The van der Waals surface area contributed by atoms with Gasteiger partial charge in [-0.15, -0.1) is 0 Å². The van der Waals surface area contributed by atoms with Crippen LogP contribution in [0.15, 0.2) is 48.8 Å². The zero-order valence-electron chi connectivity index (χ0n) is 17.4. The minimum Gasteiger partial charge on any atom is -0.360 e. The maximum Gasteiger partial charge on any atom is 0.234 e. The van der Waals surface area contributed by atoms with Gasteiger partial charge < -0.3 is 19.5 Å². The third-order valence-electron chi connectivity index (χ3n) is 6.57. The van der Waals surface area contributed by atoms with Crippen molar-refractivity contribution in [2.24, 2.45) is 11.8 Å². The average molecular weight is 406 g/mol. The third-order valence-corrected chi connectivity index (χ3v) is 6.57. The lowest BCUT2D eigenvalue weighted by molar-refractivity contribution is -0.139. The lowest BCUT2D eigenvalue weighted by atomic mass is 9.76. The van der Waals surface area contributed by atoms with E-state index in [0.29, 0.717) is 24.8 Å². The van der Waals surface area contributed by atoms with Crippen LogP contribution in [0.4, 0.5) is 5.69 Å². The molecule has 1 N–H and O–H groups in total. The number of carbonyl (C=O) groups excluding carboxylic acids is 2. The molecule has 1 aromatic carbocycles. The molecule has 3 aliphatic rings. The summed E-state index contributed by atoms with van der Waals surface area (Å²) in [6, 6.07) is 8.10. The third kappa shape index (κ3) is 2.80. The largest absolute Gasteiger partial charge is 0.360 e. The van der Waals surface area contributed by atoms with Crippen LogP contribution in [0, 0.1) is 11.8 Å². The van der Waals surface area contributed by atoms with Crippen molar-refractivity contribution in [3.05, 3.63) is 60.2 Å². The van der Waals surface area contributed by atoms with E-state index in [9.17, 15) is 9.59 Å². The van der Waals surface area contributed by atoms with Gasteiger partial charge in [0, 0.05) is 25.1 Å². The van der Waals surface area contributed by atoms with Gasteiger partial charge in [0.25, 0.3) is 0 Å². The Morgan fingerprint density at radius 1 is 1.37 bits per heavy atom. The first kappa shape index (κ1) is 19.1. The van der Waals surface area contributed by atoms with E-state index in [1.165, 1.54) is 5.56 Å². The number of aromatic amines is 1. The Morgan fingerprint density at radius 3 is 2.80 bits per heavy atom. The fraction of sp³-hybridized carbons (Fsp3) is 0.435. The van der Waals surface area contributed by atoms with Crippen molar-refractivity contribution >= 4 is 17.5 Å². The Hall–Kier alpha value is -2.93. The van der Waals surface area contributed by atoms with Crippen molar-refractivity contribution in [2.45, 2.75) is 38.0 Å². The Labute approximate surface area is 175 Å². The van der Waals surface area contributed by atoms with E-state index in [0.717, 1.165) is 5.69 Å². The summed E-state index contributed by atoms with van der Waals surface area (Å²) in [5.74, 6) is 0.0118. The van der Waals surface area contributed by atoms with Gasteiger partial charge in [-0.1, -0.05) is 38.1 Å². The molecule has 3 aliphatic heterocycles. The SMILES string of the molecule is CC(C)c1ccc(N2C[C@]34C=C[C@H](O3)[C@@H](C(=O)N(C)Cc3ncc[nH]3)[C@@H]4C2=O)cc1. The maximum atomic E-state index is 13.5. The number of imidazole rings is 1. The molecule has 5 rings (SSSR count). The summed E-state index contributed by atoms with van der Waals surface area (Å²) in [4.78, 5) is 37.4. The molecular formula is C23H26N4O3. The molecular weight excluding hydrogens is 380 g/mol. The van der Waals surface area contributed by atoms with Gasteiger partial charge in [-0.25, -0.2) is 4.98 Å². The number of nitrogens with one attached hydrogen (secondary N) is 1. The Kier molecular flexibility index (Phi) is 4.32. The van der Waals surface area contributed by atoms with E-state index >= 15 is 0 Å². The van der Waals surface area contributed by atoms with Crippen LogP contribution in [0.5, 0.6) is 0 Å². The molecule has 7 nitrogen and oxygen atoms in total. The molecule has 1 spiro atoms. The van der Waals surface area contributed by atoms with Gasteiger partial charge in [0.1, 0.15) is 11.4 Å². The fourth-order valence-electron chi connectivity index (χ4n) is 4.98.